The Balaban J connectivity index is 2.08. The Labute approximate surface area is 139 Å². The van der Waals surface area contributed by atoms with Crippen molar-refractivity contribution < 1.29 is 14.7 Å². The summed E-state index contributed by atoms with van der Waals surface area (Å²) in [6.07, 6.45) is -1.45. The van der Waals surface area contributed by atoms with Crippen molar-refractivity contribution in [2.45, 2.75) is 6.17 Å². The molecule has 0 aliphatic heterocycles. The fourth-order valence-corrected chi connectivity index (χ4v) is 1.88. The molecule has 0 bridgehead atoms. The van der Waals surface area contributed by atoms with Crippen molar-refractivity contribution in [1.82, 2.24) is 5.32 Å². The number of aliphatic carboxylic acids is 1. The molecule has 2 aromatic carbocycles. The van der Waals surface area contributed by atoms with Crippen molar-refractivity contribution in [1.29, 1.82) is 0 Å². The van der Waals surface area contributed by atoms with Gasteiger partial charge in [-0.3, -0.25) is 4.79 Å². The number of hydrogen-bond donors (Lipinski definition) is 2. The van der Waals surface area contributed by atoms with Crippen molar-refractivity contribution in [3.8, 4) is 0 Å². The number of carboxylic acids is 1. The summed E-state index contributed by atoms with van der Waals surface area (Å²) >= 11 is 0. The molecule has 1 atom stereocenters. The molecule has 0 aliphatic rings. The van der Waals surface area contributed by atoms with E-state index in [-0.39, 0.29) is 0 Å². The van der Waals surface area contributed by atoms with Crippen LogP contribution in [0.5, 0.6) is 0 Å². The van der Waals surface area contributed by atoms with Crippen LogP contribution in [0.15, 0.2) is 64.8 Å². The zero-order chi connectivity index (χ0) is 17.5. The topological polar surface area (TPSA) is 94.4 Å². The fraction of sp³-hybridized carbons (Fsp3) is 0.176. The number of carbonyl (C=O) groups excluding carboxylic acids is 1. The summed E-state index contributed by atoms with van der Waals surface area (Å²) in [7, 11) is 3.83. The van der Waals surface area contributed by atoms with Gasteiger partial charge in [-0.25, -0.2) is 4.79 Å². The molecule has 0 spiro atoms. The quantitative estimate of drug-likeness (QED) is 0.798. The summed E-state index contributed by atoms with van der Waals surface area (Å²) in [4.78, 5) is 25.2. The lowest BCUT2D eigenvalue weighted by atomic mass is 10.2. The molecule has 7 heteroatoms. The van der Waals surface area contributed by atoms with Crippen LogP contribution in [0.1, 0.15) is 10.4 Å². The molecule has 1 unspecified atom stereocenters. The normalized spacial score (nSPS) is 11.9. The summed E-state index contributed by atoms with van der Waals surface area (Å²) in [5.74, 6) is -1.81. The zero-order valence-electron chi connectivity index (χ0n) is 13.4. The lowest BCUT2D eigenvalue weighted by Crippen LogP contribution is -2.39. The van der Waals surface area contributed by atoms with Crippen LogP contribution < -0.4 is 10.2 Å². The highest BCUT2D eigenvalue weighted by atomic mass is 16.4. The summed E-state index contributed by atoms with van der Waals surface area (Å²) in [6.45, 7) is 0. The third kappa shape index (κ3) is 4.64. The van der Waals surface area contributed by atoms with Gasteiger partial charge in [0.05, 0.1) is 5.69 Å². The molecule has 0 radical (unpaired) electrons. The molecule has 2 rings (SSSR count). The van der Waals surface area contributed by atoms with Crippen LogP contribution in [0.25, 0.3) is 0 Å². The number of carbonyl (C=O) groups is 2. The standard InChI is InChI=1S/C17H18N4O3/c1-21(2)14-10-8-13(9-11-14)19-20-15(17(23)24)18-16(22)12-6-4-3-5-7-12/h3-11,15H,1-2H3,(H,18,22)(H,23,24). The van der Waals surface area contributed by atoms with Crippen LogP contribution in [0, 0.1) is 0 Å². The van der Waals surface area contributed by atoms with Crippen molar-refractivity contribution in [3.63, 3.8) is 0 Å². The van der Waals surface area contributed by atoms with Gasteiger partial charge in [0.15, 0.2) is 0 Å². The predicted molar refractivity (Wildman–Crippen MR) is 90.6 cm³/mol. The molecular formula is C17H18N4O3. The number of nitrogens with one attached hydrogen (secondary N) is 1. The van der Waals surface area contributed by atoms with E-state index >= 15 is 0 Å². The van der Waals surface area contributed by atoms with Gasteiger partial charge in [-0.15, -0.1) is 0 Å². The SMILES string of the molecule is CN(C)c1ccc(N=NC(NC(=O)c2ccccc2)C(=O)O)cc1. The number of anilines is 1. The van der Waals surface area contributed by atoms with Gasteiger partial charge in [-0.1, -0.05) is 18.2 Å². The number of rotatable bonds is 6. The maximum absolute atomic E-state index is 12.0. The summed E-state index contributed by atoms with van der Waals surface area (Å²) in [5.41, 5.74) is 1.84. The first-order valence-electron chi connectivity index (χ1n) is 7.24. The smallest absolute Gasteiger partial charge is 0.351 e. The molecule has 0 heterocycles. The fourth-order valence-electron chi connectivity index (χ4n) is 1.88. The number of nitrogens with zero attached hydrogens (tertiary/aromatic N) is 3. The molecule has 7 nitrogen and oxygen atoms in total. The Bertz CT molecular complexity index is 727. The lowest BCUT2D eigenvalue weighted by molar-refractivity contribution is -0.139. The minimum Gasteiger partial charge on any atom is -0.478 e. The minimum atomic E-state index is -1.45. The molecule has 0 saturated carbocycles. The van der Waals surface area contributed by atoms with Gasteiger partial charge >= 0.3 is 5.97 Å². The van der Waals surface area contributed by atoms with E-state index in [1.807, 2.05) is 31.1 Å². The summed E-state index contributed by atoms with van der Waals surface area (Å²) in [6, 6.07) is 15.4. The van der Waals surface area contributed by atoms with E-state index in [0.717, 1.165) is 5.69 Å². The maximum Gasteiger partial charge on any atom is 0.351 e. The molecule has 2 N–H and O–H groups in total. The van der Waals surface area contributed by atoms with Gasteiger partial charge in [0.2, 0.25) is 6.17 Å². The molecule has 0 fully saturated rings. The molecule has 2 aromatic rings. The molecular weight excluding hydrogens is 308 g/mol. The summed E-state index contributed by atoms with van der Waals surface area (Å²) in [5, 5.41) is 19.1. The number of amides is 1. The van der Waals surface area contributed by atoms with E-state index in [1.54, 1.807) is 42.5 Å². The monoisotopic (exact) mass is 326 g/mol. The average Bonchev–Trinajstić information content (AvgIpc) is 2.59. The molecule has 0 aromatic heterocycles. The molecule has 124 valence electrons. The zero-order valence-corrected chi connectivity index (χ0v) is 13.4. The second-order valence-corrected chi connectivity index (χ2v) is 5.21. The second kappa shape index (κ2) is 7.87. The Morgan fingerprint density at radius 3 is 2.21 bits per heavy atom. The van der Waals surface area contributed by atoms with Crippen LogP contribution in [0.4, 0.5) is 11.4 Å². The van der Waals surface area contributed by atoms with E-state index in [1.165, 1.54) is 0 Å². The molecule has 0 aliphatic carbocycles. The van der Waals surface area contributed by atoms with E-state index < -0.39 is 18.0 Å². The van der Waals surface area contributed by atoms with E-state index in [4.69, 9.17) is 0 Å². The van der Waals surface area contributed by atoms with Gasteiger partial charge in [0, 0.05) is 25.3 Å². The van der Waals surface area contributed by atoms with Crippen molar-refractivity contribution >= 4 is 23.3 Å². The number of benzene rings is 2. The van der Waals surface area contributed by atoms with Crippen LogP contribution in [0.2, 0.25) is 0 Å². The van der Waals surface area contributed by atoms with Crippen LogP contribution in [0.3, 0.4) is 0 Å². The highest BCUT2D eigenvalue weighted by Crippen LogP contribution is 2.18. The number of carboxylic acid groups (broad SMARTS) is 1. The van der Waals surface area contributed by atoms with E-state index in [2.05, 4.69) is 15.5 Å². The van der Waals surface area contributed by atoms with Crippen LogP contribution >= 0.6 is 0 Å². The first kappa shape index (κ1) is 17.1. The Morgan fingerprint density at radius 1 is 1.04 bits per heavy atom. The third-order valence-electron chi connectivity index (χ3n) is 3.19. The number of hydrogen-bond acceptors (Lipinski definition) is 5. The van der Waals surface area contributed by atoms with E-state index in [0.29, 0.717) is 11.3 Å². The molecule has 1 amide bonds. The van der Waals surface area contributed by atoms with Crippen molar-refractivity contribution in [2.75, 3.05) is 19.0 Å². The first-order chi connectivity index (χ1) is 11.5. The highest BCUT2D eigenvalue weighted by Gasteiger charge is 2.19. The van der Waals surface area contributed by atoms with Crippen molar-refractivity contribution in [3.05, 3.63) is 60.2 Å². The largest absolute Gasteiger partial charge is 0.478 e. The second-order valence-electron chi connectivity index (χ2n) is 5.21. The minimum absolute atomic E-state index is 0.356. The van der Waals surface area contributed by atoms with Gasteiger partial charge in [-0.05, 0) is 36.4 Å². The van der Waals surface area contributed by atoms with Gasteiger partial charge in [-0.2, -0.15) is 10.2 Å². The number of azo groups is 1. The maximum atomic E-state index is 12.0. The van der Waals surface area contributed by atoms with Crippen LogP contribution in [-0.4, -0.2) is 37.2 Å². The molecule has 0 saturated heterocycles. The molecule has 24 heavy (non-hydrogen) atoms. The van der Waals surface area contributed by atoms with Crippen LogP contribution in [-0.2, 0) is 4.79 Å². The Morgan fingerprint density at radius 2 is 1.67 bits per heavy atom. The highest BCUT2D eigenvalue weighted by molar-refractivity contribution is 5.96. The Kier molecular flexibility index (Phi) is 5.62. The van der Waals surface area contributed by atoms with Gasteiger partial charge in [0.25, 0.3) is 5.91 Å². The van der Waals surface area contributed by atoms with Crippen molar-refractivity contribution in [2.24, 2.45) is 10.2 Å². The van der Waals surface area contributed by atoms with Gasteiger partial charge in [0.1, 0.15) is 0 Å². The van der Waals surface area contributed by atoms with Gasteiger partial charge < -0.3 is 15.3 Å². The predicted octanol–water partition coefficient (Wildman–Crippen LogP) is 2.68. The Hall–Kier alpha value is -3.22. The lowest BCUT2D eigenvalue weighted by Gasteiger charge is -2.12. The van der Waals surface area contributed by atoms with E-state index in [9.17, 15) is 14.7 Å². The first-order valence-corrected chi connectivity index (χ1v) is 7.24. The average molecular weight is 326 g/mol. The summed E-state index contributed by atoms with van der Waals surface area (Å²) < 4.78 is 0. The third-order valence-corrected chi connectivity index (χ3v) is 3.19.